The van der Waals surface area contributed by atoms with Gasteiger partial charge in [0.05, 0.1) is 7.11 Å². The maximum Gasteiger partial charge on any atom is 0.125 e. The molecule has 3 heteroatoms. The van der Waals surface area contributed by atoms with Crippen molar-refractivity contribution in [3.05, 3.63) is 23.8 Å². The number of benzene rings is 1. The van der Waals surface area contributed by atoms with E-state index in [1.54, 1.807) is 7.11 Å². The van der Waals surface area contributed by atoms with Crippen molar-refractivity contribution in [3.63, 3.8) is 0 Å². The van der Waals surface area contributed by atoms with Gasteiger partial charge in [0, 0.05) is 30.4 Å². The first-order valence-electron chi connectivity index (χ1n) is 8.36. The minimum absolute atomic E-state index is 0.316. The van der Waals surface area contributed by atoms with Gasteiger partial charge in [-0.05, 0) is 44.4 Å². The molecule has 0 saturated carbocycles. The lowest BCUT2D eigenvalue weighted by atomic mass is 10.0. The molecule has 1 heterocycles. The zero-order valence-electron chi connectivity index (χ0n) is 14.0. The quantitative estimate of drug-likeness (QED) is 0.821. The molecule has 2 unspecified atom stereocenters. The highest BCUT2D eigenvalue weighted by Crippen LogP contribution is 2.37. The first-order valence-corrected chi connectivity index (χ1v) is 8.36. The van der Waals surface area contributed by atoms with Gasteiger partial charge < -0.3 is 15.0 Å². The molecule has 2 rings (SSSR count). The Morgan fingerprint density at radius 2 is 2.19 bits per heavy atom. The fraction of sp³-hybridized carbons (Fsp3) is 0.667. The third-order valence-corrected chi connectivity index (χ3v) is 4.60. The van der Waals surface area contributed by atoms with Crippen LogP contribution in [-0.2, 0) is 0 Å². The van der Waals surface area contributed by atoms with Gasteiger partial charge in [-0.1, -0.05) is 26.3 Å². The third kappa shape index (κ3) is 3.70. The van der Waals surface area contributed by atoms with Crippen molar-refractivity contribution in [1.29, 1.82) is 0 Å². The smallest absolute Gasteiger partial charge is 0.125 e. The van der Waals surface area contributed by atoms with Crippen LogP contribution in [0.5, 0.6) is 5.75 Å². The molecule has 1 aromatic carbocycles. The number of methoxy groups -OCH3 is 1. The van der Waals surface area contributed by atoms with Gasteiger partial charge in [-0.3, -0.25) is 0 Å². The zero-order valence-corrected chi connectivity index (χ0v) is 14.0. The van der Waals surface area contributed by atoms with E-state index in [0.717, 1.165) is 24.6 Å². The second kappa shape index (κ2) is 7.69. The number of hydrogen-bond acceptors (Lipinski definition) is 3. The molecule has 21 heavy (non-hydrogen) atoms. The summed E-state index contributed by atoms with van der Waals surface area (Å²) in [4.78, 5) is 2.54. The molecule has 1 N–H and O–H groups in total. The van der Waals surface area contributed by atoms with E-state index < -0.39 is 0 Å². The molecule has 0 spiro atoms. The van der Waals surface area contributed by atoms with E-state index in [-0.39, 0.29) is 0 Å². The lowest BCUT2D eigenvalue weighted by Gasteiger charge is -2.27. The molecule has 0 aliphatic carbocycles. The van der Waals surface area contributed by atoms with Gasteiger partial charge in [0.1, 0.15) is 5.75 Å². The predicted octanol–water partition coefficient (Wildman–Crippen LogP) is 3.99. The first kappa shape index (κ1) is 16.2. The summed E-state index contributed by atoms with van der Waals surface area (Å²) in [5.41, 5.74) is 2.66. The largest absolute Gasteiger partial charge is 0.496 e. The molecule has 0 amide bonds. The highest BCUT2D eigenvalue weighted by atomic mass is 16.5. The van der Waals surface area contributed by atoms with E-state index in [2.05, 4.69) is 49.2 Å². The van der Waals surface area contributed by atoms with Crippen LogP contribution < -0.4 is 15.0 Å². The van der Waals surface area contributed by atoms with Crippen molar-refractivity contribution in [1.82, 2.24) is 5.32 Å². The Labute approximate surface area is 129 Å². The minimum Gasteiger partial charge on any atom is -0.496 e. The summed E-state index contributed by atoms with van der Waals surface area (Å²) in [7, 11) is 1.77. The summed E-state index contributed by atoms with van der Waals surface area (Å²) in [5, 5.41) is 3.61. The van der Waals surface area contributed by atoms with Crippen LogP contribution in [0.25, 0.3) is 0 Å². The van der Waals surface area contributed by atoms with Crippen molar-refractivity contribution >= 4 is 5.69 Å². The number of ether oxygens (including phenoxy) is 1. The third-order valence-electron chi connectivity index (χ3n) is 4.60. The topological polar surface area (TPSA) is 24.5 Å². The molecule has 1 aromatic rings. The summed E-state index contributed by atoms with van der Waals surface area (Å²) < 4.78 is 5.63. The van der Waals surface area contributed by atoms with Gasteiger partial charge in [-0.25, -0.2) is 0 Å². The SMILES string of the molecule is CCCNC(C)c1c(OC)cccc1N1CCC(CC)C1. The Balaban J connectivity index is 2.27. The lowest BCUT2D eigenvalue weighted by Crippen LogP contribution is -2.26. The fourth-order valence-electron chi connectivity index (χ4n) is 3.27. The number of hydrogen-bond donors (Lipinski definition) is 1. The highest BCUT2D eigenvalue weighted by molar-refractivity contribution is 5.61. The molecular weight excluding hydrogens is 260 g/mol. The Morgan fingerprint density at radius 1 is 1.38 bits per heavy atom. The van der Waals surface area contributed by atoms with E-state index in [9.17, 15) is 0 Å². The maximum absolute atomic E-state index is 5.63. The summed E-state index contributed by atoms with van der Waals surface area (Å²) in [6.07, 6.45) is 3.74. The van der Waals surface area contributed by atoms with Crippen LogP contribution in [0.2, 0.25) is 0 Å². The van der Waals surface area contributed by atoms with Crippen molar-refractivity contribution in [2.24, 2.45) is 5.92 Å². The van der Waals surface area contributed by atoms with E-state index in [4.69, 9.17) is 4.74 Å². The van der Waals surface area contributed by atoms with Crippen LogP contribution in [0.1, 0.15) is 51.6 Å². The van der Waals surface area contributed by atoms with Gasteiger partial charge in [-0.15, -0.1) is 0 Å². The predicted molar refractivity (Wildman–Crippen MR) is 90.3 cm³/mol. The van der Waals surface area contributed by atoms with Crippen LogP contribution in [0.15, 0.2) is 18.2 Å². The van der Waals surface area contributed by atoms with Gasteiger partial charge in [0.15, 0.2) is 0 Å². The average molecular weight is 290 g/mol. The molecule has 0 aromatic heterocycles. The minimum atomic E-state index is 0.316. The van der Waals surface area contributed by atoms with Gasteiger partial charge in [0.2, 0.25) is 0 Å². The molecule has 0 radical (unpaired) electrons. The van der Waals surface area contributed by atoms with Crippen molar-refractivity contribution < 1.29 is 4.74 Å². The van der Waals surface area contributed by atoms with E-state index >= 15 is 0 Å². The Kier molecular flexibility index (Phi) is 5.92. The van der Waals surface area contributed by atoms with Crippen LogP contribution >= 0.6 is 0 Å². The summed E-state index contributed by atoms with van der Waals surface area (Å²) in [6.45, 7) is 10.1. The standard InChI is InChI=1S/C18H30N2O/c1-5-11-19-14(3)18-16(8-7-9-17(18)21-4)20-12-10-15(6-2)13-20/h7-9,14-15,19H,5-6,10-13H2,1-4H3. The maximum atomic E-state index is 5.63. The molecule has 1 fully saturated rings. The van der Waals surface area contributed by atoms with E-state index in [1.165, 1.54) is 37.2 Å². The molecule has 1 aliphatic rings. The molecular formula is C18H30N2O. The summed E-state index contributed by atoms with van der Waals surface area (Å²) in [5.74, 6) is 1.84. The van der Waals surface area contributed by atoms with Gasteiger partial charge in [0.25, 0.3) is 0 Å². The molecule has 0 bridgehead atoms. The fourth-order valence-corrected chi connectivity index (χ4v) is 3.27. The number of anilines is 1. The van der Waals surface area contributed by atoms with E-state index in [1.807, 2.05) is 0 Å². The van der Waals surface area contributed by atoms with Crippen molar-refractivity contribution in [2.75, 3.05) is 31.6 Å². The average Bonchev–Trinajstić information content (AvgIpc) is 3.00. The highest BCUT2D eigenvalue weighted by Gasteiger charge is 2.25. The summed E-state index contributed by atoms with van der Waals surface area (Å²) in [6, 6.07) is 6.76. The number of nitrogens with zero attached hydrogens (tertiary/aromatic N) is 1. The molecule has 1 saturated heterocycles. The molecule has 3 nitrogen and oxygen atoms in total. The van der Waals surface area contributed by atoms with Gasteiger partial charge in [-0.2, -0.15) is 0 Å². The van der Waals surface area contributed by atoms with Crippen molar-refractivity contribution in [3.8, 4) is 5.75 Å². The van der Waals surface area contributed by atoms with E-state index in [0.29, 0.717) is 6.04 Å². The number of nitrogens with one attached hydrogen (secondary N) is 1. The Morgan fingerprint density at radius 3 is 2.81 bits per heavy atom. The normalized spacial score (nSPS) is 19.8. The second-order valence-corrected chi connectivity index (χ2v) is 6.08. The summed E-state index contributed by atoms with van der Waals surface area (Å²) >= 11 is 0. The first-order chi connectivity index (χ1) is 10.2. The van der Waals surface area contributed by atoms with Gasteiger partial charge >= 0.3 is 0 Å². The second-order valence-electron chi connectivity index (χ2n) is 6.08. The number of rotatable bonds is 7. The monoisotopic (exact) mass is 290 g/mol. The Bertz CT molecular complexity index is 447. The zero-order chi connectivity index (χ0) is 15.2. The van der Waals surface area contributed by atoms with Crippen LogP contribution in [0, 0.1) is 5.92 Å². The van der Waals surface area contributed by atoms with Crippen LogP contribution in [0.3, 0.4) is 0 Å². The Hall–Kier alpha value is -1.22. The lowest BCUT2D eigenvalue weighted by molar-refractivity contribution is 0.401. The van der Waals surface area contributed by atoms with Crippen molar-refractivity contribution in [2.45, 2.75) is 46.1 Å². The van der Waals surface area contributed by atoms with Crippen LogP contribution in [-0.4, -0.2) is 26.7 Å². The molecule has 2 atom stereocenters. The van der Waals surface area contributed by atoms with Crippen LogP contribution in [0.4, 0.5) is 5.69 Å². The molecule has 1 aliphatic heterocycles. The molecule has 118 valence electrons.